The van der Waals surface area contributed by atoms with E-state index in [1.165, 1.54) is 18.2 Å². The molecule has 0 heterocycles. The van der Waals surface area contributed by atoms with E-state index in [1.807, 2.05) is 0 Å². The van der Waals surface area contributed by atoms with Gasteiger partial charge in [0.05, 0.1) is 5.56 Å². The third kappa shape index (κ3) is 3.56. The number of Topliss-reactive ketones (excluding diaryl/α,β-unsaturated/α-hetero) is 1. The van der Waals surface area contributed by atoms with Gasteiger partial charge in [0.25, 0.3) is 0 Å². The Kier molecular flexibility index (Phi) is 4.56. The third-order valence-electron chi connectivity index (χ3n) is 4.04. The lowest BCUT2D eigenvalue weighted by atomic mass is 9.69. The zero-order valence-electron chi connectivity index (χ0n) is 11.6. The molecule has 1 fully saturated rings. The average molecular weight is 301 g/mol. The first-order chi connectivity index (χ1) is 9.88. The number of carbonyl (C=O) groups excluding carboxylic acids is 1. The van der Waals surface area contributed by atoms with Crippen molar-refractivity contribution in [1.82, 2.24) is 0 Å². The van der Waals surface area contributed by atoms with Crippen LogP contribution in [0.15, 0.2) is 24.3 Å². The highest BCUT2D eigenvalue weighted by molar-refractivity contribution is 6.03. The van der Waals surface area contributed by atoms with E-state index in [9.17, 15) is 18.0 Å². The first-order valence-corrected chi connectivity index (χ1v) is 6.98. The summed E-state index contributed by atoms with van der Waals surface area (Å²) in [5.41, 5.74) is 4.97. The highest BCUT2D eigenvalue weighted by Gasteiger charge is 2.41. The molecule has 1 aromatic rings. The number of benzene rings is 1. The number of nitrogens with two attached hydrogens (primary N) is 1. The summed E-state index contributed by atoms with van der Waals surface area (Å²) >= 11 is 0. The van der Waals surface area contributed by atoms with E-state index in [4.69, 9.17) is 5.73 Å². The van der Waals surface area contributed by atoms with Crippen molar-refractivity contribution in [2.75, 3.05) is 6.54 Å². The van der Waals surface area contributed by atoms with Crippen LogP contribution in [0.1, 0.15) is 42.5 Å². The van der Waals surface area contributed by atoms with Gasteiger partial charge in [0, 0.05) is 12.0 Å². The van der Waals surface area contributed by atoms with E-state index in [1.54, 1.807) is 0 Å². The van der Waals surface area contributed by atoms with Gasteiger partial charge in [-0.1, -0.05) is 31.4 Å². The standard InChI is InChI=1S/C15H18F3NO2/c16-15(17,18)21-12-7-3-2-6-11(12)13(20)14(10-19)8-4-1-5-9-14/h2-3,6-7H,1,4-5,8-10,19H2. The molecule has 116 valence electrons. The average Bonchev–Trinajstić information content (AvgIpc) is 2.46. The van der Waals surface area contributed by atoms with Crippen LogP contribution in [-0.4, -0.2) is 18.7 Å². The van der Waals surface area contributed by atoms with Crippen molar-refractivity contribution >= 4 is 5.78 Å². The fourth-order valence-corrected chi connectivity index (χ4v) is 2.91. The number of alkyl halides is 3. The van der Waals surface area contributed by atoms with Crippen LogP contribution in [0, 0.1) is 5.41 Å². The van der Waals surface area contributed by atoms with Gasteiger partial charge in [0.15, 0.2) is 5.78 Å². The number of hydrogen-bond acceptors (Lipinski definition) is 3. The molecule has 0 radical (unpaired) electrons. The van der Waals surface area contributed by atoms with E-state index >= 15 is 0 Å². The molecule has 0 aliphatic heterocycles. The van der Waals surface area contributed by atoms with Gasteiger partial charge in [-0.2, -0.15) is 0 Å². The largest absolute Gasteiger partial charge is 0.573 e. The summed E-state index contributed by atoms with van der Waals surface area (Å²) in [6, 6.07) is 5.47. The van der Waals surface area contributed by atoms with Crippen LogP contribution in [-0.2, 0) is 0 Å². The molecular weight excluding hydrogens is 283 g/mol. The molecule has 2 N–H and O–H groups in total. The fraction of sp³-hybridized carbons (Fsp3) is 0.533. The van der Waals surface area contributed by atoms with Gasteiger partial charge in [0.1, 0.15) is 5.75 Å². The molecule has 21 heavy (non-hydrogen) atoms. The lowest BCUT2D eigenvalue weighted by Crippen LogP contribution is -2.40. The number of ether oxygens (including phenoxy) is 1. The number of para-hydroxylation sites is 1. The van der Waals surface area contributed by atoms with E-state index in [0.29, 0.717) is 12.8 Å². The Labute approximate surface area is 121 Å². The summed E-state index contributed by atoms with van der Waals surface area (Å²) in [6.45, 7) is 0.145. The van der Waals surface area contributed by atoms with Gasteiger partial charge in [-0.25, -0.2) is 0 Å². The number of ketones is 1. The van der Waals surface area contributed by atoms with Crippen molar-refractivity contribution in [2.45, 2.75) is 38.5 Å². The van der Waals surface area contributed by atoms with Crippen molar-refractivity contribution in [1.29, 1.82) is 0 Å². The van der Waals surface area contributed by atoms with Crippen LogP contribution >= 0.6 is 0 Å². The highest BCUT2D eigenvalue weighted by atomic mass is 19.4. The molecule has 0 saturated heterocycles. The molecule has 1 aromatic carbocycles. The number of rotatable bonds is 4. The SMILES string of the molecule is NCC1(C(=O)c2ccccc2OC(F)(F)F)CCCCC1. The number of hydrogen-bond donors (Lipinski definition) is 1. The van der Waals surface area contributed by atoms with Gasteiger partial charge >= 0.3 is 6.36 Å². The fourth-order valence-electron chi connectivity index (χ4n) is 2.91. The summed E-state index contributed by atoms with van der Waals surface area (Å²) in [4.78, 5) is 12.7. The van der Waals surface area contributed by atoms with Crippen molar-refractivity contribution in [3.63, 3.8) is 0 Å². The smallest absolute Gasteiger partial charge is 0.405 e. The van der Waals surface area contributed by atoms with Crippen molar-refractivity contribution < 1.29 is 22.7 Å². The van der Waals surface area contributed by atoms with Gasteiger partial charge in [0.2, 0.25) is 0 Å². The van der Waals surface area contributed by atoms with Crippen LogP contribution in [0.3, 0.4) is 0 Å². The topological polar surface area (TPSA) is 52.3 Å². The molecule has 2 rings (SSSR count). The van der Waals surface area contributed by atoms with Gasteiger partial charge in [-0.15, -0.1) is 13.2 Å². The second-order valence-electron chi connectivity index (χ2n) is 5.42. The van der Waals surface area contributed by atoms with E-state index < -0.39 is 17.5 Å². The maximum Gasteiger partial charge on any atom is 0.573 e. The van der Waals surface area contributed by atoms with E-state index in [2.05, 4.69) is 4.74 Å². The predicted molar refractivity (Wildman–Crippen MR) is 72.0 cm³/mol. The zero-order chi connectivity index (χ0) is 15.5. The van der Waals surface area contributed by atoms with Crippen molar-refractivity contribution in [3.8, 4) is 5.75 Å². The van der Waals surface area contributed by atoms with Crippen LogP contribution in [0.5, 0.6) is 5.75 Å². The Morgan fingerprint density at radius 1 is 1.19 bits per heavy atom. The quantitative estimate of drug-likeness (QED) is 0.863. The highest BCUT2D eigenvalue weighted by Crippen LogP contribution is 2.40. The number of halogens is 3. The van der Waals surface area contributed by atoms with E-state index in [-0.39, 0.29) is 17.9 Å². The molecule has 0 atom stereocenters. The predicted octanol–water partition coefficient (Wildman–Crippen LogP) is 3.68. The minimum absolute atomic E-state index is 0.0397. The zero-order valence-corrected chi connectivity index (χ0v) is 11.6. The minimum Gasteiger partial charge on any atom is -0.405 e. The lowest BCUT2D eigenvalue weighted by Gasteiger charge is -2.35. The Morgan fingerprint density at radius 3 is 2.38 bits per heavy atom. The molecule has 1 aliphatic carbocycles. The molecule has 0 spiro atoms. The van der Waals surface area contributed by atoms with E-state index in [0.717, 1.165) is 25.3 Å². The first-order valence-electron chi connectivity index (χ1n) is 6.98. The summed E-state index contributed by atoms with van der Waals surface area (Å²) < 4.78 is 41.3. The van der Waals surface area contributed by atoms with Crippen LogP contribution in [0.2, 0.25) is 0 Å². The summed E-state index contributed by atoms with van der Waals surface area (Å²) in [6.07, 6.45) is -0.837. The monoisotopic (exact) mass is 301 g/mol. The molecule has 1 saturated carbocycles. The van der Waals surface area contributed by atoms with Crippen molar-refractivity contribution in [2.24, 2.45) is 11.1 Å². The summed E-state index contributed by atoms with van der Waals surface area (Å²) in [5.74, 6) is -0.794. The molecule has 0 bridgehead atoms. The molecule has 1 aliphatic rings. The second kappa shape index (κ2) is 6.05. The Balaban J connectivity index is 2.34. The third-order valence-corrected chi connectivity index (χ3v) is 4.04. The summed E-state index contributed by atoms with van der Waals surface area (Å²) in [7, 11) is 0. The Bertz CT molecular complexity index is 508. The minimum atomic E-state index is -4.82. The van der Waals surface area contributed by atoms with Crippen LogP contribution in [0.4, 0.5) is 13.2 Å². The number of carbonyl (C=O) groups is 1. The maximum atomic E-state index is 12.7. The van der Waals surface area contributed by atoms with Crippen molar-refractivity contribution in [3.05, 3.63) is 29.8 Å². The van der Waals surface area contributed by atoms with Gasteiger partial charge in [-0.3, -0.25) is 4.79 Å². The Morgan fingerprint density at radius 2 is 1.81 bits per heavy atom. The van der Waals surface area contributed by atoms with Crippen LogP contribution < -0.4 is 10.5 Å². The molecule has 0 unspecified atom stereocenters. The van der Waals surface area contributed by atoms with Gasteiger partial charge in [-0.05, 0) is 25.0 Å². The molecule has 6 heteroatoms. The Hall–Kier alpha value is -1.56. The first kappa shape index (κ1) is 15.8. The summed E-state index contributed by atoms with van der Waals surface area (Å²) in [5, 5.41) is 0. The normalized spacial score (nSPS) is 18.3. The lowest BCUT2D eigenvalue weighted by molar-refractivity contribution is -0.274. The molecule has 0 aromatic heterocycles. The van der Waals surface area contributed by atoms with Crippen LogP contribution in [0.25, 0.3) is 0 Å². The second-order valence-corrected chi connectivity index (χ2v) is 5.42. The van der Waals surface area contributed by atoms with Gasteiger partial charge < -0.3 is 10.5 Å². The maximum absolute atomic E-state index is 12.7. The molecule has 0 amide bonds. The molecule has 3 nitrogen and oxygen atoms in total. The molecular formula is C15H18F3NO2.